The molecule has 258 valence electrons. The van der Waals surface area contributed by atoms with E-state index < -0.39 is 42.6 Å². The highest BCUT2D eigenvalue weighted by Crippen LogP contribution is 2.54. The molecule has 0 saturated carbocycles. The Morgan fingerprint density at radius 1 is 0.660 bits per heavy atom. The van der Waals surface area contributed by atoms with Gasteiger partial charge in [-0.2, -0.15) is 27.1 Å². The van der Waals surface area contributed by atoms with Gasteiger partial charge in [0.15, 0.2) is 9.49 Å². The maximum absolute atomic E-state index is 13.5. The monoisotopic (exact) mass is 716 g/mol. The van der Waals surface area contributed by atoms with Crippen molar-refractivity contribution in [2.45, 2.75) is 22.3 Å². The van der Waals surface area contributed by atoms with Gasteiger partial charge in [0, 0.05) is 35.1 Å². The molecule has 6 rings (SSSR count). The first kappa shape index (κ1) is 31.8. The molecule has 2 aliphatic rings. The van der Waals surface area contributed by atoms with E-state index in [1.54, 1.807) is 48.5 Å². The van der Waals surface area contributed by atoms with Crippen LogP contribution in [0.1, 0.15) is 46.2 Å². The van der Waals surface area contributed by atoms with Crippen molar-refractivity contribution in [2.75, 3.05) is 14.2 Å². The van der Waals surface area contributed by atoms with Crippen molar-refractivity contribution in [2.24, 2.45) is 21.7 Å². The summed E-state index contributed by atoms with van der Waals surface area (Å²) in [6.07, 6.45) is -0.926. The Balaban J connectivity index is 1.55. The number of hydrogen-bond acceptors (Lipinski definition) is 12. The Hall–Kier alpha value is -5.42. The second-order valence-corrected chi connectivity index (χ2v) is 15.1. The number of rotatable bonds is 9. The largest absolute Gasteiger partial charge is 0.496 e. The maximum atomic E-state index is 13.5. The van der Waals surface area contributed by atoms with Crippen LogP contribution in [0.2, 0.25) is 2.82 Å². The fourth-order valence-electron chi connectivity index (χ4n) is 7.11. The van der Waals surface area contributed by atoms with Crippen LogP contribution in [-0.2, 0) is 29.7 Å². The molecule has 0 bridgehead atoms. The summed E-state index contributed by atoms with van der Waals surface area (Å²) < 4.78 is 97.6. The molecule has 4 aromatic rings. The first-order valence-electron chi connectivity index (χ1n) is 15.8. The lowest BCUT2D eigenvalue weighted by molar-refractivity contribution is 0.394. The van der Waals surface area contributed by atoms with Crippen LogP contribution < -0.4 is 20.9 Å². The third-order valence-corrected chi connectivity index (χ3v) is 12.4. The molecule has 0 fully saturated rings. The van der Waals surface area contributed by atoms with Crippen molar-refractivity contribution in [3.8, 4) is 22.6 Å². The van der Waals surface area contributed by atoms with E-state index in [0.29, 0.717) is 11.1 Å². The third kappa shape index (κ3) is 4.90. The first-order valence-corrected chi connectivity index (χ1v) is 17.8. The number of nitrogens with one attached hydrogen (secondary N) is 2. The zero-order chi connectivity index (χ0) is 37.6. The van der Waals surface area contributed by atoms with Gasteiger partial charge in [-0.3, -0.25) is 9.11 Å². The number of methoxy groups -OCH3 is 2. The summed E-state index contributed by atoms with van der Waals surface area (Å²) in [6.45, 7) is 0. The van der Waals surface area contributed by atoms with Gasteiger partial charge in [-0.15, -0.1) is 0 Å². The molecular weight excluding hydrogens is 685 g/mol. The maximum Gasteiger partial charge on any atom is 0.279 e. The number of benzene rings is 4. The van der Waals surface area contributed by atoms with Gasteiger partial charge in [0.05, 0.1) is 37.0 Å². The fourth-order valence-corrected chi connectivity index (χ4v) is 9.55. The Morgan fingerprint density at radius 2 is 1.04 bits per heavy atom. The Bertz CT molecular complexity index is 2300. The van der Waals surface area contributed by atoms with Gasteiger partial charge in [0.25, 0.3) is 20.2 Å². The average molecular weight is 717 g/mol. The van der Waals surface area contributed by atoms with Crippen LogP contribution in [0.15, 0.2) is 107 Å². The molecule has 0 saturated heterocycles. The van der Waals surface area contributed by atoms with Gasteiger partial charge in [-0.05, 0) is 34.4 Å². The van der Waals surface area contributed by atoms with E-state index in [1.807, 2.05) is 0 Å². The summed E-state index contributed by atoms with van der Waals surface area (Å²) in [5, 5.41) is 7.53. The summed E-state index contributed by atoms with van der Waals surface area (Å²) in [6, 6.07) is 21.9. The van der Waals surface area contributed by atoms with Gasteiger partial charge in [-0.25, -0.2) is 11.0 Å². The van der Waals surface area contributed by atoms with Crippen molar-refractivity contribution in [3.05, 3.63) is 130 Å². The number of nitrogens with two attached hydrogens (primary N) is 2. The van der Waals surface area contributed by atoms with Crippen LogP contribution in [0.25, 0.3) is 22.5 Å². The van der Waals surface area contributed by atoms with Crippen molar-refractivity contribution in [3.63, 3.8) is 0 Å². The molecule has 50 heavy (non-hydrogen) atoms. The molecule has 2 unspecified atom stereocenters. The number of nitrogens with zero attached hydrogens (tertiary/aromatic N) is 2. The van der Waals surface area contributed by atoms with E-state index in [1.165, 1.54) is 50.6 Å². The number of hydrogen-bond donors (Lipinski definition) is 6. The summed E-state index contributed by atoms with van der Waals surface area (Å²) in [4.78, 5) is 0. The lowest BCUT2D eigenvalue weighted by atomic mass is 9.77. The van der Waals surface area contributed by atoms with E-state index in [4.69, 9.17) is 23.8 Å². The molecule has 0 spiro atoms. The molecule has 16 heteroatoms. The molecule has 0 heterocycles. The normalized spacial score (nSPS) is 21.5. The van der Waals surface area contributed by atoms with E-state index >= 15 is 0 Å². The minimum atomic E-state index is -5.00. The van der Waals surface area contributed by atoms with Gasteiger partial charge in [-0.1, -0.05) is 72.8 Å². The molecule has 0 aliphatic heterocycles. The van der Waals surface area contributed by atoms with E-state index in [9.17, 15) is 25.9 Å². The molecule has 4 aromatic carbocycles. The first-order chi connectivity index (χ1) is 24.7. The molecule has 2 atom stereocenters. The van der Waals surface area contributed by atoms with Gasteiger partial charge in [0.2, 0.25) is 2.82 Å². The summed E-state index contributed by atoms with van der Waals surface area (Å²) in [5.41, 5.74) is 20.8. The van der Waals surface area contributed by atoms with Crippen LogP contribution in [0.4, 0.5) is 0 Å². The lowest BCUT2D eigenvalue weighted by Gasteiger charge is -2.38. The van der Waals surface area contributed by atoms with E-state index in [2.05, 4.69) is 21.3 Å². The Labute approximate surface area is 290 Å². The third-order valence-electron chi connectivity index (χ3n) is 9.49. The standard InChI is InChI=1S/C34H32N6O8S2/c1-47-29-15-19(11-13-25(29)33(49(41,42)43)17-27(39-37)31(35)21-7-3-5-9-23(21)33)20-12-14-26(30(16-20)48-2)34(50(44,45)46)18-28(40-38)32(36)22-8-4-6-10-24(22)34/h3-16,37-38H,17-18,35-36H2,1-2H3,(H,41,42,43)(H,44,45,46)/b39-37+,40-38+. The highest BCUT2D eigenvalue weighted by atomic mass is 32.2. The van der Waals surface area contributed by atoms with Crippen LogP contribution in [-0.4, -0.2) is 40.2 Å². The summed E-state index contributed by atoms with van der Waals surface area (Å²) >= 11 is 0. The average Bonchev–Trinajstić information content (AvgIpc) is 3.13. The zero-order valence-corrected chi connectivity index (χ0v) is 28.2. The van der Waals surface area contributed by atoms with Crippen LogP contribution >= 0.6 is 0 Å². The van der Waals surface area contributed by atoms with E-state index in [0.717, 1.165) is 0 Å². The van der Waals surface area contributed by atoms with Gasteiger partial charge >= 0.3 is 0 Å². The SMILES string of the molecule is [H]/N=N/C1=C(N)c2ccccc2C(c2ccc(-c3ccc(C4(S(=O)(=O)O)CC(/N=N/[H])=C(N)c5ccccc54)c(OC)c3)cc2OC)(S(=O)(=O)O)C1. The quantitative estimate of drug-likeness (QED) is 0.0902. The Morgan fingerprint density at radius 3 is 1.38 bits per heavy atom. The van der Waals surface area contributed by atoms with Crippen LogP contribution in [0.3, 0.4) is 0 Å². The van der Waals surface area contributed by atoms with Crippen molar-refractivity contribution in [1.82, 2.24) is 0 Å². The second kappa shape index (κ2) is 12.2. The molecule has 14 nitrogen and oxygen atoms in total. The highest BCUT2D eigenvalue weighted by molar-refractivity contribution is 7.87. The number of fused-ring (bicyclic) bond motifs is 2. The second-order valence-electron chi connectivity index (χ2n) is 11.8. The molecule has 0 aromatic heterocycles. The topological polar surface area (TPSA) is 252 Å². The smallest absolute Gasteiger partial charge is 0.279 e. The predicted octanol–water partition coefficient (Wildman–Crippen LogP) is 5.76. The number of allylic oxidation sites excluding steroid dienone is 2. The Kier molecular flexibility index (Phi) is 7.75. The van der Waals surface area contributed by atoms with Crippen LogP contribution in [0, 0.1) is 11.0 Å². The molecule has 0 amide bonds. The van der Waals surface area contributed by atoms with Gasteiger partial charge in [0.1, 0.15) is 11.5 Å². The molecular formula is C34H32N6O8S2. The lowest BCUT2D eigenvalue weighted by Crippen LogP contribution is -2.41. The zero-order valence-electron chi connectivity index (χ0n) is 28.6. The minimum Gasteiger partial charge on any atom is -0.496 e. The van der Waals surface area contributed by atoms with Gasteiger partial charge < -0.3 is 20.9 Å². The highest BCUT2D eigenvalue weighted by Gasteiger charge is 2.54. The molecule has 2 aliphatic carbocycles. The van der Waals surface area contributed by atoms with E-state index in [-0.39, 0.29) is 67.7 Å². The van der Waals surface area contributed by atoms with Crippen molar-refractivity contribution < 1.29 is 38.2 Å². The van der Waals surface area contributed by atoms with Crippen molar-refractivity contribution in [1.29, 1.82) is 11.0 Å². The summed E-state index contributed by atoms with van der Waals surface area (Å²) in [5.74, 6) is 0.106. The minimum absolute atomic E-state index is 0.0289. The fraction of sp³-hybridized carbons (Fsp3) is 0.176. The van der Waals surface area contributed by atoms with Crippen molar-refractivity contribution >= 4 is 31.6 Å². The molecule has 8 N–H and O–H groups in total. The summed E-state index contributed by atoms with van der Waals surface area (Å²) in [7, 11) is -7.34. The van der Waals surface area contributed by atoms with Crippen LogP contribution in [0.5, 0.6) is 11.5 Å². The molecule has 0 radical (unpaired) electrons. The number of ether oxygens (including phenoxy) is 2. The predicted molar refractivity (Wildman–Crippen MR) is 184 cm³/mol.